The van der Waals surface area contributed by atoms with E-state index in [4.69, 9.17) is 5.73 Å². The van der Waals surface area contributed by atoms with Gasteiger partial charge in [-0.05, 0) is 30.4 Å². The Labute approximate surface area is 159 Å². The van der Waals surface area contributed by atoms with Crippen LogP contribution in [0.4, 0.5) is 0 Å². The molecule has 1 aromatic carbocycles. The predicted molar refractivity (Wildman–Crippen MR) is 104 cm³/mol. The maximum absolute atomic E-state index is 12.9. The number of hydrogen-bond acceptors (Lipinski definition) is 4. The molecule has 0 saturated carbocycles. The summed E-state index contributed by atoms with van der Waals surface area (Å²) in [6.07, 6.45) is 1.87. The molecule has 0 aliphatic carbocycles. The summed E-state index contributed by atoms with van der Waals surface area (Å²) >= 11 is 0. The van der Waals surface area contributed by atoms with Crippen LogP contribution in [0.2, 0.25) is 0 Å². The Morgan fingerprint density at radius 2 is 1.96 bits per heavy atom. The summed E-state index contributed by atoms with van der Waals surface area (Å²) in [4.78, 5) is 26.8. The number of aromatic nitrogens is 2. The van der Waals surface area contributed by atoms with Gasteiger partial charge in [-0.15, -0.1) is 12.4 Å². The van der Waals surface area contributed by atoms with Crippen LogP contribution in [-0.4, -0.2) is 39.7 Å². The third-order valence-electron chi connectivity index (χ3n) is 4.77. The van der Waals surface area contributed by atoms with Gasteiger partial charge in [0.15, 0.2) is 0 Å². The molecule has 2 heterocycles. The van der Waals surface area contributed by atoms with Gasteiger partial charge in [0.2, 0.25) is 0 Å². The summed E-state index contributed by atoms with van der Waals surface area (Å²) in [7, 11) is 0. The maximum atomic E-state index is 12.9. The smallest absolute Gasteiger partial charge is 0.274 e. The van der Waals surface area contributed by atoms with Crippen molar-refractivity contribution < 1.29 is 4.79 Å². The highest BCUT2D eigenvalue weighted by Gasteiger charge is 2.30. The van der Waals surface area contributed by atoms with Gasteiger partial charge in [-0.25, -0.2) is 4.68 Å². The standard InChI is InChI=1S/C19H24N4O2.ClH/c1-14-9-10-22(16(11-14)12-20)19(25)17-7-8-18(24)23(21-17)13-15-5-3-2-4-6-15;/h2-8,14,16H,9-13,20H2,1H3;1H. The van der Waals surface area contributed by atoms with Crippen molar-refractivity contribution in [2.75, 3.05) is 13.1 Å². The van der Waals surface area contributed by atoms with Crippen molar-refractivity contribution in [3.8, 4) is 0 Å². The lowest BCUT2D eigenvalue weighted by molar-refractivity contribution is 0.0565. The van der Waals surface area contributed by atoms with Crippen molar-refractivity contribution in [3.63, 3.8) is 0 Å². The molecule has 6 nitrogen and oxygen atoms in total. The Morgan fingerprint density at radius 3 is 2.65 bits per heavy atom. The summed E-state index contributed by atoms with van der Waals surface area (Å²) < 4.78 is 1.34. The number of halogens is 1. The van der Waals surface area contributed by atoms with Crippen LogP contribution >= 0.6 is 12.4 Å². The second-order valence-electron chi connectivity index (χ2n) is 6.72. The van der Waals surface area contributed by atoms with Gasteiger partial charge in [0.05, 0.1) is 6.54 Å². The molecule has 1 aromatic heterocycles. The Kier molecular flexibility index (Phi) is 6.94. The van der Waals surface area contributed by atoms with Gasteiger partial charge in [0, 0.05) is 25.2 Å². The molecule has 1 aliphatic rings. The number of carbonyl (C=O) groups is 1. The van der Waals surface area contributed by atoms with Gasteiger partial charge in [0.1, 0.15) is 5.69 Å². The van der Waals surface area contributed by atoms with Crippen LogP contribution in [0, 0.1) is 5.92 Å². The number of nitrogens with two attached hydrogens (primary N) is 1. The summed E-state index contributed by atoms with van der Waals surface area (Å²) in [6, 6.07) is 12.6. The van der Waals surface area contributed by atoms with Crippen LogP contribution in [0.1, 0.15) is 35.8 Å². The first-order valence-electron chi connectivity index (χ1n) is 8.71. The van der Waals surface area contributed by atoms with Crippen LogP contribution in [0.3, 0.4) is 0 Å². The highest BCUT2D eigenvalue weighted by Crippen LogP contribution is 2.23. The van der Waals surface area contributed by atoms with Gasteiger partial charge in [-0.1, -0.05) is 37.3 Å². The Bertz CT molecular complexity index is 794. The monoisotopic (exact) mass is 376 g/mol. The van der Waals surface area contributed by atoms with Crippen LogP contribution in [0.15, 0.2) is 47.3 Å². The lowest BCUT2D eigenvalue weighted by Crippen LogP contribution is -2.49. The molecule has 1 aliphatic heterocycles. The minimum Gasteiger partial charge on any atom is -0.333 e. The number of benzene rings is 1. The second-order valence-corrected chi connectivity index (χ2v) is 6.72. The first-order valence-corrected chi connectivity index (χ1v) is 8.71. The molecular weight excluding hydrogens is 352 g/mol. The molecule has 7 heteroatoms. The van der Waals surface area contributed by atoms with E-state index in [0.717, 1.165) is 18.4 Å². The number of rotatable bonds is 4. The third kappa shape index (κ3) is 4.51. The zero-order chi connectivity index (χ0) is 17.8. The van der Waals surface area contributed by atoms with E-state index in [1.165, 1.54) is 16.8 Å². The summed E-state index contributed by atoms with van der Waals surface area (Å²) in [6.45, 7) is 3.65. The first kappa shape index (κ1) is 20.1. The van der Waals surface area contributed by atoms with E-state index in [9.17, 15) is 9.59 Å². The van der Waals surface area contributed by atoms with Crippen molar-refractivity contribution in [2.24, 2.45) is 11.7 Å². The van der Waals surface area contributed by atoms with E-state index in [-0.39, 0.29) is 29.9 Å². The van der Waals surface area contributed by atoms with Gasteiger partial charge >= 0.3 is 0 Å². The number of amides is 1. The minimum atomic E-state index is -0.219. The van der Waals surface area contributed by atoms with Gasteiger partial charge in [-0.2, -0.15) is 5.10 Å². The van der Waals surface area contributed by atoms with Crippen molar-refractivity contribution in [2.45, 2.75) is 32.4 Å². The molecule has 0 bridgehead atoms. The zero-order valence-electron chi connectivity index (χ0n) is 14.9. The normalized spacial score (nSPS) is 19.7. The van der Waals surface area contributed by atoms with Crippen LogP contribution in [0.5, 0.6) is 0 Å². The first-order chi connectivity index (χ1) is 12.1. The van der Waals surface area contributed by atoms with E-state index in [1.54, 1.807) is 4.90 Å². The molecule has 2 N–H and O–H groups in total. The van der Waals surface area contributed by atoms with Crippen LogP contribution < -0.4 is 11.3 Å². The molecule has 2 aromatic rings. The average Bonchev–Trinajstić information content (AvgIpc) is 2.63. The lowest BCUT2D eigenvalue weighted by Gasteiger charge is -2.37. The van der Waals surface area contributed by atoms with E-state index >= 15 is 0 Å². The molecule has 3 rings (SSSR count). The summed E-state index contributed by atoms with van der Waals surface area (Å²) in [5, 5.41) is 4.30. The van der Waals surface area contributed by atoms with Crippen LogP contribution in [0.25, 0.3) is 0 Å². The molecule has 140 valence electrons. The van der Waals surface area contributed by atoms with Gasteiger partial charge in [-0.3, -0.25) is 9.59 Å². The fourth-order valence-corrected chi connectivity index (χ4v) is 3.32. The third-order valence-corrected chi connectivity index (χ3v) is 4.77. The number of carbonyl (C=O) groups excluding carboxylic acids is 1. The quantitative estimate of drug-likeness (QED) is 0.883. The number of piperidine rings is 1. The molecule has 1 saturated heterocycles. The molecule has 26 heavy (non-hydrogen) atoms. The molecule has 2 unspecified atom stereocenters. The Morgan fingerprint density at radius 1 is 1.23 bits per heavy atom. The molecule has 0 spiro atoms. The van der Waals surface area contributed by atoms with Crippen molar-refractivity contribution in [3.05, 3.63) is 64.1 Å². The highest BCUT2D eigenvalue weighted by molar-refractivity contribution is 5.92. The van der Waals surface area contributed by atoms with Crippen molar-refractivity contribution >= 4 is 18.3 Å². The molecule has 1 amide bonds. The summed E-state index contributed by atoms with van der Waals surface area (Å²) in [5.74, 6) is 0.418. The SMILES string of the molecule is CC1CCN(C(=O)c2ccc(=O)n(Cc3ccccc3)n2)C(CN)C1.Cl. The average molecular weight is 377 g/mol. The van der Waals surface area contributed by atoms with Crippen molar-refractivity contribution in [1.29, 1.82) is 0 Å². The van der Waals surface area contributed by atoms with E-state index in [1.807, 2.05) is 30.3 Å². The topological polar surface area (TPSA) is 81.2 Å². The summed E-state index contributed by atoms with van der Waals surface area (Å²) in [5.41, 5.74) is 6.90. The molecular formula is C19H25ClN4O2. The Balaban J connectivity index is 0.00000243. The number of likely N-dealkylation sites (tertiary alicyclic amines) is 1. The van der Waals surface area contributed by atoms with E-state index in [0.29, 0.717) is 31.2 Å². The minimum absolute atomic E-state index is 0. The largest absolute Gasteiger partial charge is 0.333 e. The lowest BCUT2D eigenvalue weighted by atomic mass is 9.92. The predicted octanol–water partition coefficient (Wildman–Crippen LogP) is 1.91. The van der Waals surface area contributed by atoms with E-state index < -0.39 is 0 Å². The van der Waals surface area contributed by atoms with Crippen molar-refractivity contribution in [1.82, 2.24) is 14.7 Å². The number of nitrogens with zero attached hydrogens (tertiary/aromatic N) is 3. The maximum Gasteiger partial charge on any atom is 0.274 e. The fourth-order valence-electron chi connectivity index (χ4n) is 3.32. The number of hydrogen-bond donors (Lipinski definition) is 1. The Hall–Kier alpha value is -2.18. The molecule has 1 fully saturated rings. The van der Waals surface area contributed by atoms with Gasteiger partial charge < -0.3 is 10.6 Å². The molecule has 2 atom stereocenters. The zero-order valence-corrected chi connectivity index (χ0v) is 15.7. The van der Waals surface area contributed by atoms with E-state index in [2.05, 4.69) is 12.0 Å². The second kappa shape index (κ2) is 8.96. The fraction of sp³-hybridized carbons (Fsp3) is 0.421. The highest BCUT2D eigenvalue weighted by atomic mass is 35.5. The molecule has 0 radical (unpaired) electrons. The van der Waals surface area contributed by atoms with Gasteiger partial charge in [0.25, 0.3) is 11.5 Å². The van der Waals surface area contributed by atoms with Crippen LogP contribution in [-0.2, 0) is 6.54 Å².